The van der Waals surface area contributed by atoms with Crippen LogP contribution in [0.5, 0.6) is 0 Å². The van der Waals surface area contributed by atoms with Crippen molar-refractivity contribution in [1.29, 1.82) is 0 Å². The average Bonchev–Trinajstić information content (AvgIpc) is 3.77. The maximum Gasteiger partial charge on any atom is 0.410 e. The van der Waals surface area contributed by atoms with Crippen LogP contribution >= 0.6 is 0 Å². The Labute approximate surface area is 317 Å². The van der Waals surface area contributed by atoms with E-state index in [0.29, 0.717) is 26.7 Å². The van der Waals surface area contributed by atoms with E-state index in [4.69, 9.17) is 29.3 Å². The van der Waals surface area contributed by atoms with Crippen LogP contribution in [0.2, 0.25) is 51.4 Å². The molecule has 4 aromatic rings. The molecule has 0 saturated carbocycles. The maximum absolute atomic E-state index is 13.3. The van der Waals surface area contributed by atoms with Gasteiger partial charge in [0.15, 0.2) is 5.65 Å². The van der Waals surface area contributed by atoms with Crippen LogP contribution in [0.15, 0.2) is 42.9 Å². The number of rotatable bonds is 14. The van der Waals surface area contributed by atoms with E-state index in [1.165, 1.54) is 0 Å². The highest BCUT2D eigenvalue weighted by Gasteiger charge is 2.45. The first kappa shape index (κ1) is 39.1. The molecule has 0 N–H and O–H groups in total. The second-order valence-corrected chi connectivity index (χ2v) is 29.6. The van der Waals surface area contributed by atoms with Crippen LogP contribution in [0.1, 0.15) is 58.1 Å². The van der Waals surface area contributed by atoms with Gasteiger partial charge in [-0.15, -0.1) is 0 Å². The molecule has 53 heavy (non-hydrogen) atoms. The molecule has 6 rings (SSSR count). The van der Waals surface area contributed by atoms with E-state index in [-0.39, 0.29) is 24.1 Å². The second kappa shape index (κ2) is 15.6. The van der Waals surface area contributed by atoms with Gasteiger partial charge in [0.25, 0.3) is 0 Å². The summed E-state index contributed by atoms with van der Waals surface area (Å²) in [5.41, 5.74) is 4.71. The number of hydrogen-bond donors (Lipinski definition) is 0. The molecule has 2 aliphatic heterocycles. The van der Waals surface area contributed by atoms with E-state index in [9.17, 15) is 4.79 Å². The van der Waals surface area contributed by atoms with Crippen molar-refractivity contribution in [3.05, 3.63) is 48.5 Å². The number of piperidine rings is 1. The maximum atomic E-state index is 13.3. The van der Waals surface area contributed by atoms with Gasteiger partial charge in [-0.3, -0.25) is 9.67 Å². The number of carbonyl (C=O) groups is 1. The molecule has 2 bridgehead atoms. The largest absolute Gasteiger partial charge is 0.444 e. The van der Waals surface area contributed by atoms with Crippen LogP contribution < -0.4 is 4.90 Å². The summed E-state index contributed by atoms with van der Waals surface area (Å²) in [6.07, 6.45) is 9.10. The number of amides is 1. The predicted octanol–water partition coefficient (Wildman–Crippen LogP) is 8.27. The number of anilines is 1. The zero-order valence-corrected chi connectivity index (χ0v) is 35.6. The minimum atomic E-state index is -1.27. The Hall–Kier alpha value is -3.60. The summed E-state index contributed by atoms with van der Waals surface area (Å²) in [7, 11) is -0.644. The molecule has 3 atom stereocenters. The Morgan fingerprint density at radius 1 is 0.906 bits per heavy atom. The molecule has 1 amide bonds. The van der Waals surface area contributed by atoms with Gasteiger partial charge < -0.3 is 24.0 Å². The van der Waals surface area contributed by atoms with Crippen LogP contribution in [0.25, 0.3) is 28.2 Å². The zero-order valence-electron chi connectivity index (χ0n) is 33.6. The SMILES string of the molecule is Cn1ccc(-c2ccc(-c3cnn4c(N(COCC[Si](C)(C)C)COCC[Si](C)(C)C)cc(C5C[C@H]6CC[C@@H](C5)N6C(=O)OC(C)(C)C)nc34)cn2)n1. The lowest BCUT2D eigenvalue weighted by Crippen LogP contribution is -2.48. The molecule has 2 saturated heterocycles. The van der Waals surface area contributed by atoms with Crippen LogP contribution in [-0.2, 0) is 21.3 Å². The van der Waals surface area contributed by atoms with Gasteiger partial charge in [-0.2, -0.15) is 14.7 Å². The summed E-state index contributed by atoms with van der Waals surface area (Å²) in [6.45, 7) is 22.2. The number of aryl methyl sites for hydroxylation is 1. The van der Waals surface area contributed by atoms with Gasteiger partial charge in [0.2, 0.25) is 0 Å². The predicted molar refractivity (Wildman–Crippen MR) is 216 cm³/mol. The van der Waals surface area contributed by atoms with Crippen molar-refractivity contribution in [2.45, 2.75) is 121 Å². The Balaban J connectivity index is 1.36. The quantitative estimate of drug-likeness (QED) is 0.0713. The topological polar surface area (TPSA) is 112 Å². The van der Waals surface area contributed by atoms with Crippen LogP contribution in [0.4, 0.5) is 10.6 Å². The monoisotopic (exact) mass is 760 g/mol. The molecular weight excluding hydrogens is 701 g/mol. The van der Waals surface area contributed by atoms with E-state index >= 15 is 0 Å². The van der Waals surface area contributed by atoms with Gasteiger partial charge in [0.1, 0.15) is 30.6 Å². The van der Waals surface area contributed by atoms with Gasteiger partial charge in [-0.1, -0.05) is 45.3 Å². The molecule has 1 unspecified atom stereocenters. The highest BCUT2D eigenvalue weighted by Crippen LogP contribution is 2.44. The van der Waals surface area contributed by atoms with E-state index in [0.717, 1.165) is 77.4 Å². The Bertz CT molecular complexity index is 1820. The normalized spacial score (nSPS) is 19.3. The standard InChI is InChI=1S/C39H60N8O4Si2/c1-39(2,3)51-38(48)46-30-12-13-31(46)22-29(21-30)35-23-36(45(26-49-17-19-52(5,6)7)27-50-18-20-53(8,9)10)47-37(42-35)32(25-41-47)28-11-14-33(40-24-28)34-15-16-44(4)43-34/h11,14-16,23-25,29-31H,12-13,17-22,26-27H2,1-10H3/t29?,30-,31+. The molecule has 0 aliphatic carbocycles. The van der Waals surface area contributed by atoms with Gasteiger partial charge in [-0.05, 0) is 70.7 Å². The highest BCUT2D eigenvalue weighted by molar-refractivity contribution is 6.76. The first-order valence-electron chi connectivity index (χ1n) is 19.2. The number of carbonyl (C=O) groups excluding carboxylic acids is 1. The van der Waals surface area contributed by atoms with Crippen LogP contribution in [0.3, 0.4) is 0 Å². The van der Waals surface area contributed by atoms with Crippen molar-refractivity contribution in [3.8, 4) is 22.5 Å². The van der Waals surface area contributed by atoms with Gasteiger partial charge in [0.05, 0.1) is 11.9 Å². The number of ether oxygens (including phenoxy) is 3. The lowest BCUT2D eigenvalue weighted by atomic mass is 9.88. The molecule has 12 nitrogen and oxygen atoms in total. The summed E-state index contributed by atoms with van der Waals surface area (Å²) in [6, 6.07) is 10.6. The Morgan fingerprint density at radius 3 is 2.08 bits per heavy atom. The summed E-state index contributed by atoms with van der Waals surface area (Å²) >= 11 is 0. The number of hydrogen-bond acceptors (Lipinski definition) is 9. The van der Waals surface area contributed by atoms with Gasteiger partial charge in [0, 0.05) is 89.7 Å². The van der Waals surface area contributed by atoms with Crippen molar-refractivity contribution in [2.75, 3.05) is 31.6 Å². The van der Waals surface area contributed by atoms with Crippen molar-refractivity contribution < 1.29 is 19.0 Å². The fourth-order valence-corrected chi connectivity index (χ4v) is 8.68. The van der Waals surface area contributed by atoms with Crippen molar-refractivity contribution >= 4 is 33.7 Å². The molecule has 4 aromatic heterocycles. The van der Waals surface area contributed by atoms with Gasteiger partial charge in [-0.25, -0.2) is 9.78 Å². The fourth-order valence-electron chi connectivity index (χ4n) is 7.17. The number of aromatic nitrogens is 6. The number of fused-ring (bicyclic) bond motifs is 3. The number of nitrogens with zero attached hydrogens (tertiary/aromatic N) is 8. The summed E-state index contributed by atoms with van der Waals surface area (Å²) in [5, 5.41) is 9.46. The molecular formula is C39H60N8O4Si2. The first-order chi connectivity index (χ1) is 24.9. The average molecular weight is 761 g/mol. The van der Waals surface area contributed by atoms with Crippen molar-refractivity contribution in [3.63, 3.8) is 0 Å². The van der Waals surface area contributed by atoms with E-state index in [2.05, 4.69) is 61.4 Å². The van der Waals surface area contributed by atoms with E-state index < -0.39 is 21.7 Å². The Morgan fingerprint density at radius 2 is 1.55 bits per heavy atom. The summed E-state index contributed by atoms with van der Waals surface area (Å²) in [5.74, 6) is 1.06. The fraction of sp³-hybridized carbons (Fsp3) is 0.615. The summed E-state index contributed by atoms with van der Waals surface area (Å²) < 4.78 is 22.3. The van der Waals surface area contributed by atoms with Crippen molar-refractivity contribution in [2.24, 2.45) is 7.05 Å². The second-order valence-electron chi connectivity index (χ2n) is 18.3. The van der Waals surface area contributed by atoms with Crippen molar-refractivity contribution in [1.82, 2.24) is 34.3 Å². The molecule has 288 valence electrons. The molecule has 2 aliphatic rings. The molecule has 0 aromatic carbocycles. The third-order valence-corrected chi connectivity index (χ3v) is 13.5. The molecule has 2 fully saturated rings. The first-order valence-corrected chi connectivity index (χ1v) is 26.6. The van der Waals surface area contributed by atoms with E-state index in [1.807, 2.05) is 68.0 Å². The lowest BCUT2D eigenvalue weighted by molar-refractivity contribution is 0.00569. The lowest BCUT2D eigenvalue weighted by Gasteiger charge is -2.39. The molecule has 0 spiro atoms. The summed E-state index contributed by atoms with van der Waals surface area (Å²) in [4.78, 5) is 27.6. The Kier molecular flexibility index (Phi) is 11.5. The number of pyridine rings is 1. The molecule has 14 heteroatoms. The zero-order chi connectivity index (χ0) is 38.1. The third-order valence-electron chi connectivity index (χ3n) is 10.1. The molecule has 6 heterocycles. The van der Waals surface area contributed by atoms with Gasteiger partial charge >= 0.3 is 6.09 Å². The van der Waals surface area contributed by atoms with Crippen LogP contribution in [0, 0.1) is 0 Å². The molecule has 0 radical (unpaired) electrons. The van der Waals surface area contributed by atoms with Crippen LogP contribution in [-0.4, -0.2) is 101 Å². The highest BCUT2D eigenvalue weighted by atomic mass is 28.3. The minimum Gasteiger partial charge on any atom is -0.444 e. The van der Waals surface area contributed by atoms with E-state index in [1.54, 1.807) is 4.68 Å². The minimum absolute atomic E-state index is 0.119. The smallest absolute Gasteiger partial charge is 0.410 e. The third kappa shape index (κ3) is 9.94.